The molecule has 3 heterocycles. The molecular formula is C14H19N3O4S2. The first kappa shape index (κ1) is 16.6. The minimum atomic E-state index is -3.23. The first-order valence-electron chi connectivity index (χ1n) is 7.44. The molecule has 1 unspecified atom stereocenters. The Labute approximate surface area is 139 Å². The van der Waals surface area contributed by atoms with Crippen LogP contribution < -0.4 is 0 Å². The van der Waals surface area contributed by atoms with Crippen molar-refractivity contribution in [2.45, 2.75) is 25.4 Å². The van der Waals surface area contributed by atoms with E-state index in [2.05, 4.69) is 21.6 Å². The number of morpholine rings is 1. The number of aryl methyl sites for hydroxylation is 2. The molecule has 0 saturated carbocycles. The van der Waals surface area contributed by atoms with Gasteiger partial charge >= 0.3 is 0 Å². The predicted octanol–water partition coefficient (Wildman–Crippen LogP) is 1.64. The normalized spacial score (nSPS) is 20.0. The van der Waals surface area contributed by atoms with Crippen LogP contribution in [-0.4, -0.2) is 48.9 Å². The van der Waals surface area contributed by atoms with E-state index < -0.39 is 16.1 Å². The summed E-state index contributed by atoms with van der Waals surface area (Å²) in [6.07, 6.45) is 3.32. The lowest BCUT2D eigenvalue weighted by molar-refractivity contribution is -0.0176. The van der Waals surface area contributed by atoms with Crippen molar-refractivity contribution < 1.29 is 17.6 Å². The third kappa shape index (κ3) is 4.37. The van der Waals surface area contributed by atoms with Crippen LogP contribution in [0.2, 0.25) is 0 Å². The van der Waals surface area contributed by atoms with Gasteiger partial charge in [0.15, 0.2) is 0 Å². The van der Waals surface area contributed by atoms with Crippen molar-refractivity contribution in [2.24, 2.45) is 0 Å². The number of nitrogens with zero attached hydrogens (tertiary/aromatic N) is 3. The number of hydrogen-bond acceptors (Lipinski definition) is 7. The Morgan fingerprint density at radius 2 is 2.26 bits per heavy atom. The highest BCUT2D eigenvalue weighted by atomic mass is 32.2. The highest BCUT2D eigenvalue weighted by Gasteiger charge is 2.30. The van der Waals surface area contributed by atoms with Gasteiger partial charge in [0.1, 0.15) is 6.10 Å². The van der Waals surface area contributed by atoms with E-state index in [0.29, 0.717) is 31.4 Å². The van der Waals surface area contributed by atoms with Gasteiger partial charge < -0.3 is 9.15 Å². The summed E-state index contributed by atoms with van der Waals surface area (Å²) in [7, 11) is -3.23. The van der Waals surface area contributed by atoms with E-state index in [1.54, 1.807) is 11.3 Å². The highest BCUT2D eigenvalue weighted by Crippen LogP contribution is 2.23. The summed E-state index contributed by atoms with van der Waals surface area (Å²) in [5.41, 5.74) is 0. The van der Waals surface area contributed by atoms with Crippen LogP contribution in [0.25, 0.3) is 0 Å². The van der Waals surface area contributed by atoms with Gasteiger partial charge in [-0.1, -0.05) is 6.07 Å². The molecule has 1 aliphatic heterocycles. The summed E-state index contributed by atoms with van der Waals surface area (Å²) in [4.78, 5) is 1.34. The molecule has 0 aliphatic carbocycles. The van der Waals surface area contributed by atoms with Gasteiger partial charge in [-0.05, 0) is 24.3 Å². The summed E-state index contributed by atoms with van der Waals surface area (Å²) < 4.78 is 35.8. The fraction of sp³-hybridized carbons (Fsp3) is 0.571. The van der Waals surface area contributed by atoms with Gasteiger partial charge in [0.25, 0.3) is 0 Å². The topological polar surface area (TPSA) is 85.5 Å². The fourth-order valence-electron chi connectivity index (χ4n) is 2.44. The van der Waals surface area contributed by atoms with Gasteiger partial charge in [0.2, 0.25) is 21.8 Å². The maximum Gasteiger partial charge on any atom is 0.246 e. The second kappa shape index (κ2) is 7.08. The van der Waals surface area contributed by atoms with Crippen molar-refractivity contribution >= 4 is 21.4 Å². The summed E-state index contributed by atoms with van der Waals surface area (Å²) in [6.45, 7) is 0.903. The molecule has 3 rings (SSSR count). The van der Waals surface area contributed by atoms with Crippen molar-refractivity contribution in [1.29, 1.82) is 0 Å². The second-order valence-corrected chi connectivity index (χ2v) is 8.46. The molecule has 2 aromatic rings. The third-order valence-electron chi connectivity index (χ3n) is 3.65. The first-order chi connectivity index (χ1) is 11.0. The molecule has 9 heteroatoms. The Balaban J connectivity index is 1.56. The van der Waals surface area contributed by atoms with Gasteiger partial charge in [-0.2, -0.15) is 4.31 Å². The zero-order chi connectivity index (χ0) is 16.3. The molecule has 0 N–H and O–H groups in total. The van der Waals surface area contributed by atoms with Crippen molar-refractivity contribution in [3.63, 3.8) is 0 Å². The summed E-state index contributed by atoms with van der Waals surface area (Å²) in [6, 6.07) is 4.15. The van der Waals surface area contributed by atoms with Crippen LogP contribution in [0.4, 0.5) is 0 Å². The lowest BCUT2D eigenvalue weighted by atomic mass is 10.2. The molecule has 1 fully saturated rings. The molecule has 1 atom stereocenters. The molecule has 0 aromatic carbocycles. The van der Waals surface area contributed by atoms with Crippen LogP contribution in [0.1, 0.15) is 29.2 Å². The van der Waals surface area contributed by atoms with Gasteiger partial charge in [0, 0.05) is 24.4 Å². The minimum absolute atomic E-state index is 0.218. The number of rotatable bonds is 6. The molecule has 1 aliphatic rings. The Hall–Kier alpha value is -1.29. The Morgan fingerprint density at radius 1 is 1.39 bits per heavy atom. The van der Waals surface area contributed by atoms with E-state index in [9.17, 15) is 8.42 Å². The number of hydrogen-bond donors (Lipinski definition) is 0. The third-order valence-corrected chi connectivity index (χ3v) is 5.86. The zero-order valence-electron chi connectivity index (χ0n) is 12.8. The Morgan fingerprint density at radius 3 is 3.00 bits per heavy atom. The van der Waals surface area contributed by atoms with Gasteiger partial charge in [-0.25, -0.2) is 8.42 Å². The van der Waals surface area contributed by atoms with Gasteiger partial charge in [-0.3, -0.25) is 0 Å². The summed E-state index contributed by atoms with van der Waals surface area (Å²) in [5.74, 6) is 0.918. The maximum atomic E-state index is 11.6. The monoisotopic (exact) mass is 357 g/mol. The molecule has 0 radical (unpaired) electrons. The van der Waals surface area contributed by atoms with E-state index in [0.717, 1.165) is 12.8 Å². The number of thiophene rings is 1. The molecule has 7 nitrogen and oxygen atoms in total. The van der Waals surface area contributed by atoms with E-state index in [1.165, 1.54) is 15.4 Å². The van der Waals surface area contributed by atoms with E-state index in [1.807, 2.05) is 6.07 Å². The highest BCUT2D eigenvalue weighted by molar-refractivity contribution is 7.88. The van der Waals surface area contributed by atoms with Gasteiger partial charge in [0.05, 0.1) is 12.9 Å². The average molecular weight is 357 g/mol. The number of aromatic nitrogens is 2. The fourth-order valence-corrected chi connectivity index (χ4v) is 4.01. The molecule has 23 heavy (non-hydrogen) atoms. The molecule has 0 spiro atoms. The smallest absolute Gasteiger partial charge is 0.246 e. The van der Waals surface area contributed by atoms with E-state index >= 15 is 0 Å². The van der Waals surface area contributed by atoms with E-state index in [-0.39, 0.29) is 6.54 Å². The van der Waals surface area contributed by atoms with Crippen LogP contribution in [0.15, 0.2) is 21.9 Å². The molecule has 126 valence electrons. The first-order valence-corrected chi connectivity index (χ1v) is 10.2. The van der Waals surface area contributed by atoms with Crippen LogP contribution in [0.5, 0.6) is 0 Å². The summed E-state index contributed by atoms with van der Waals surface area (Å²) in [5, 5.41) is 10.1. The van der Waals surface area contributed by atoms with Crippen molar-refractivity contribution in [3.05, 3.63) is 34.2 Å². The minimum Gasteiger partial charge on any atom is -0.422 e. The largest absolute Gasteiger partial charge is 0.422 e. The van der Waals surface area contributed by atoms with Crippen molar-refractivity contribution in [3.8, 4) is 0 Å². The standard InChI is InChI=1S/C14H19N3O4S2/c1-23(18,19)17-7-8-20-12(10-17)14-16-15-13(21-14)6-2-4-11-5-3-9-22-11/h3,5,9,12H,2,4,6-8,10H2,1H3. The summed E-state index contributed by atoms with van der Waals surface area (Å²) >= 11 is 1.74. The maximum absolute atomic E-state index is 11.6. The van der Waals surface area contributed by atoms with Crippen LogP contribution >= 0.6 is 11.3 Å². The lowest BCUT2D eigenvalue weighted by Gasteiger charge is -2.29. The number of sulfonamides is 1. The molecule has 1 saturated heterocycles. The van der Waals surface area contributed by atoms with Crippen LogP contribution in [0, 0.1) is 0 Å². The zero-order valence-corrected chi connectivity index (χ0v) is 14.5. The number of ether oxygens (including phenoxy) is 1. The Kier molecular flexibility index (Phi) is 5.10. The quantitative estimate of drug-likeness (QED) is 0.781. The van der Waals surface area contributed by atoms with Gasteiger partial charge in [-0.15, -0.1) is 21.5 Å². The van der Waals surface area contributed by atoms with Crippen molar-refractivity contribution in [2.75, 3.05) is 26.0 Å². The Bertz CT molecular complexity index is 727. The predicted molar refractivity (Wildman–Crippen MR) is 85.8 cm³/mol. The van der Waals surface area contributed by atoms with E-state index in [4.69, 9.17) is 9.15 Å². The molecule has 0 bridgehead atoms. The second-order valence-electron chi connectivity index (χ2n) is 5.45. The van der Waals surface area contributed by atoms with Crippen LogP contribution in [-0.2, 0) is 27.6 Å². The molecule has 2 aromatic heterocycles. The van der Waals surface area contributed by atoms with Crippen LogP contribution in [0.3, 0.4) is 0 Å². The SMILES string of the molecule is CS(=O)(=O)N1CCOC(c2nnc(CCCc3cccs3)o2)C1. The lowest BCUT2D eigenvalue weighted by Crippen LogP contribution is -2.41. The molecule has 0 amide bonds. The average Bonchev–Trinajstić information content (AvgIpc) is 3.18. The van der Waals surface area contributed by atoms with Crippen molar-refractivity contribution in [1.82, 2.24) is 14.5 Å². The molecular weight excluding hydrogens is 338 g/mol.